The number of benzene rings is 1. The van der Waals surface area contributed by atoms with Gasteiger partial charge in [-0.15, -0.1) is 0 Å². The summed E-state index contributed by atoms with van der Waals surface area (Å²) in [6.07, 6.45) is 0. The van der Waals surface area contributed by atoms with Gasteiger partial charge in [0.2, 0.25) is 0 Å². The highest BCUT2D eigenvalue weighted by atomic mass is 19.1. The molecule has 0 aliphatic carbocycles. The molecule has 0 spiro atoms. The SMILES string of the molecule is COCCOc1cc(OC)cc(C(C)C)c1F. The molecule has 0 saturated heterocycles. The van der Waals surface area contributed by atoms with Crippen molar-refractivity contribution in [3.63, 3.8) is 0 Å². The summed E-state index contributed by atoms with van der Waals surface area (Å²) in [5.41, 5.74) is 0.594. The molecule has 0 aromatic heterocycles. The van der Waals surface area contributed by atoms with Gasteiger partial charge in [-0.1, -0.05) is 13.8 Å². The van der Waals surface area contributed by atoms with Crippen LogP contribution in [-0.4, -0.2) is 27.4 Å². The van der Waals surface area contributed by atoms with Crippen LogP contribution in [0.15, 0.2) is 12.1 Å². The number of halogens is 1. The first-order valence-corrected chi connectivity index (χ1v) is 5.59. The number of hydrogen-bond donors (Lipinski definition) is 0. The standard InChI is InChI=1S/C13H19FO3/c1-9(2)11-7-10(16-4)8-12(13(11)14)17-6-5-15-3/h7-9H,5-6H2,1-4H3. The molecule has 0 fully saturated rings. The second-order valence-corrected chi connectivity index (χ2v) is 4.02. The van der Waals surface area contributed by atoms with Gasteiger partial charge in [-0.05, 0) is 17.5 Å². The third-order valence-corrected chi connectivity index (χ3v) is 2.44. The molecule has 17 heavy (non-hydrogen) atoms. The molecule has 0 amide bonds. The van der Waals surface area contributed by atoms with Crippen molar-refractivity contribution in [3.05, 3.63) is 23.5 Å². The van der Waals surface area contributed by atoms with Crippen LogP contribution >= 0.6 is 0 Å². The summed E-state index contributed by atoms with van der Waals surface area (Å²) < 4.78 is 29.4. The summed E-state index contributed by atoms with van der Waals surface area (Å²) in [4.78, 5) is 0. The molecular formula is C13H19FO3. The van der Waals surface area contributed by atoms with Crippen LogP contribution in [-0.2, 0) is 4.74 Å². The van der Waals surface area contributed by atoms with Crippen molar-refractivity contribution in [1.82, 2.24) is 0 Å². The molecular weight excluding hydrogens is 223 g/mol. The minimum Gasteiger partial charge on any atom is -0.497 e. The Morgan fingerprint density at radius 1 is 1.18 bits per heavy atom. The second-order valence-electron chi connectivity index (χ2n) is 4.02. The molecule has 0 atom stereocenters. The molecule has 0 unspecified atom stereocenters. The van der Waals surface area contributed by atoms with Crippen molar-refractivity contribution in [2.45, 2.75) is 19.8 Å². The van der Waals surface area contributed by atoms with E-state index < -0.39 is 0 Å². The highest BCUT2D eigenvalue weighted by Crippen LogP contribution is 2.31. The Labute approximate surface area is 101 Å². The lowest BCUT2D eigenvalue weighted by Crippen LogP contribution is -2.07. The topological polar surface area (TPSA) is 27.7 Å². The molecule has 0 N–H and O–H groups in total. The van der Waals surface area contributed by atoms with E-state index in [0.717, 1.165) is 0 Å². The summed E-state index contributed by atoms with van der Waals surface area (Å²) in [6, 6.07) is 3.25. The Bertz CT molecular complexity index is 364. The quantitative estimate of drug-likeness (QED) is 0.718. The average Bonchev–Trinajstić information content (AvgIpc) is 2.31. The lowest BCUT2D eigenvalue weighted by Gasteiger charge is -2.14. The van der Waals surface area contributed by atoms with Gasteiger partial charge in [-0.3, -0.25) is 0 Å². The van der Waals surface area contributed by atoms with Gasteiger partial charge in [0.15, 0.2) is 11.6 Å². The molecule has 0 heterocycles. The summed E-state index contributed by atoms with van der Waals surface area (Å²) >= 11 is 0. The van der Waals surface area contributed by atoms with Gasteiger partial charge < -0.3 is 14.2 Å². The van der Waals surface area contributed by atoms with Crippen molar-refractivity contribution in [1.29, 1.82) is 0 Å². The van der Waals surface area contributed by atoms with Crippen molar-refractivity contribution in [2.75, 3.05) is 27.4 Å². The summed E-state index contributed by atoms with van der Waals surface area (Å²) in [7, 11) is 3.13. The second kappa shape index (κ2) is 6.45. The molecule has 0 aliphatic rings. The Morgan fingerprint density at radius 3 is 2.41 bits per heavy atom. The Hall–Kier alpha value is -1.29. The Kier molecular flexibility index (Phi) is 5.22. The minimum atomic E-state index is -0.322. The van der Waals surface area contributed by atoms with E-state index in [1.54, 1.807) is 26.4 Å². The lowest BCUT2D eigenvalue weighted by molar-refractivity contribution is 0.143. The van der Waals surface area contributed by atoms with Gasteiger partial charge in [0.1, 0.15) is 12.4 Å². The van der Waals surface area contributed by atoms with E-state index in [9.17, 15) is 4.39 Å². The number of ether oxygens (including phenoxy) is 3. The van der Waals surface area contributed by atoms with Crippen LogP contribution in [0.1, 0.15) is 25.3 Å². The Balaban J connectivity index is 2.97. The van der Waals surface area contributed by atoms with E-state index in [2.05, 4.69) is 0 Å². The van der Waals surface area contributed by atoms with Crippen LogP contribution in [0.5, 0.6) is 11.5 Å². The monoisotopic (exact) mass is 242 g/mol. The van der Waals surface area contributed by atoms with Crippen molar-refractivity contribution in [2.24, 2.45) is 0 Å². The number of rotatable bonds is 6. The van der Waals surface area contributed by atoms with E-state index in [4.69, 9.17) is 14.2 Å². The molecule has 1 aromatic rings. The molecule has 1 aromatic carbocycles. The summed E-state index contributed by atoms with van der Waals surface area (Å²) in [6.45, 7) is 4.60. The highest BCUT2D eigenvalue weighted by molar-refractivity contribution is 5.41. The van der Waals surface area contributed by atoms with Crippen LogP contribution < -0.4 is 9.47 Å². The zero-order valence-corrected chi connectivity index (χ0v) is 10.7. The van der Waals surface area contributed by atoms with E-state index >= 15 is 0 Å². The van der Waals surface area contributed by atoms with Gasteiger partial charge in [-0.25, -0.2) is 4.39 Å². The largest absolute Gasteiger partial charge is 0.497 e. The van der Waals surface area contributed by atoms with E-state index in [1.165, 1.54) is 0 Å². The zero-order chi connectivity index (χ0) is 12.8. The fourth-order valence-electron chi connectivity index (χ4n) is 1.47. The van der Waals surface area contributed by atoms with E-state index in [0.29, 0.717) is 24.5 Å². The predicted octanol–water partition coefficient (Wildman–Crippen LogP) is 2.98. The predicted molar refractivity (Wildman–Crippen MR) is 64.4 cm³/mol. The molecule has 3 nitrogen and oxygen atoms in total. The van der Waals surface area contributed by atoms with Crippen LogP contribution in [0.3, 0.4) is 0 Å². The van der Waals surface area contributed by atoms with Crippen LogP contribution in [0.25, 0.3) is 0 Å². The third kappa shape index (κ3) is 3.60. The number of methoxy groups -OCH3 is 2. The lowest BCUT2D eigenvalue weighted by atomic mass is 10.0. The van der Waals surface area contributed by atoms with Gasteiger partial charge in [0, 0.05) is 13.2 Å². The molecule has 1 rings (SSSR count). The fourth-order valence-corrected chi connectivity index (χ4v) is 1.47. The maximum absolute atomic E-state index is 14.0. The van der Waals surface area contributed by atoms with Gasteiger partial charge >= 0.3 is 0 Å². The molecule has 0 aliphatic heterocycles. The van der Waals surface area contributed by atoms with Crippen molar-refractivity contribution >= 4 is 0 Å². The van der Waals surface area contributed by atoms with Crippen LogP contribution in [0, 0.1) is 5.82 Å². The maximum atomic E-state index is 14.0. The van der Waals surface area contributed by atoms with E-state index in [-0.39, 0.29) is 17.5 Å². The van der Waals surface area contributed by atoms with Crippen molar-refractivity contribution in [3.8, 4) is 11.5 Å². The van der Waals surface area contributed by atoms with Gasteiger partial charge in [-0.2, -0.15) is 0 Å². The minimum absolute atomic E-state index is 0.0786. The highest BCUT2D eigenvalue weighted by Gasteiger charge is 2.15. The summed E-state index contributed by atoms with van der Waals surface area (Å²) in [5, 5.41) is 0. The van der Waals surface area contributed by atoms with Crippen LogP contribution in [0.4, 0.5) is 4.39 Å². The zero-order valence-electron chi connectivity index (χ0n) is 10.7. The molecule has 96 valence electrons. The van der Waals surface area contributed by atoms with Crippen molar-refractivity contribution < 1.29 is 18.6 Å². The average molecular weight is 242 g/mol. The summed E-state index contributed by atoms with van der Waals surface area (Å²) in [5.74, 6) is 0.569. The third-order valence-electron chi connectivity index (χ3n) is 2.44. The fraction of sp³-hybridized carbons (Fsp3) is 0.538. The Morgan fingerprint density at radius 2 is 1.88 bits per heavy atom. The molecule has 4 heteroatoms. The number of hydrogen-bond acceptors (Lipinski definition) is 3. The maximum Gasteiger partial charge on any atom is 0.168 e. The smallest absolute Gasteiger partial charge is 0.168 e. The van der Waals surface area contributed by atoms with Crippen LogP contribution in [0.2, 0.25) is 0 Å². The molecule has 0 bridgehead atoms. The first-order chi connectivity index (χ1) is 8.10. The van der Waals surface area contributed by atoms with Gasteiger partial charge in [0.25, 0.3) is 0 Å². The normalized spacial score (nSPS) is 10.7. The van der Waals surface area contributed by atoms with E-state index in [1.807, 2.05) is 13.8 Å². The van der Waals surface area contributed by atoms with Gasteiger partial charge in [0.05, 0.1) is 13.7 Å². The first-order valence-electron chi connectivity index (χ1n) is 5.59. The first kappa shape index (κ1) is 13.8. The molecule has 0 saturated carbocycles. The molecule has 0 radical (unpaired) electrons.